The van der Waals surface area contributed by atoms with Gasteiger partial charge in [0.25, 0.3) is 0 Å². The number of esters is 2. The van der Waals surface area contributed by atoms with Crippen LogP contribution in [0.3, 0.4) is 0 Å². The van der Waals surface area contributed by atoms with E-state index in [1.54, 1.807) is 23.1 Å². The number of hydrogen-bond donors (Lipinski definition) is 0. The Balaban J connectivity index is 1.37. The van der Waals surface area contributed by atoms with Gasteiger partial charge in [-0.2, -0.15) is 0 Å². The summed E-state index contributed by atoms with van der Waals surface area (Å²) >= 11 is 0. The third kappa shape index (κ3) is 6.86. The molecule has 7 aromatic rings. The molecule has 0 unspecified atom stereocenters. The molecular formula is C44H33N3O4. The van der Waals surface area contributed by atoms with Crippen LogP contribution in [0.2, 0.25) is 0 Å². The molecule has 248 valence electrons. The Labute approximate surface area is 296 Å². The number of para-hydroxylation sites is 1. The van der Waals surface area contributed by atoms with Crippen LogP contribution in [-0.4, -0.2) is 36.1 Å². The molecule has 51 heavy (non-hydrogen) atoms. The van der Waals surface area contributed by atoms with Crippen molar-refractivity contribution in [1.29, 1.82) is 0 Å². The van der Waals surface area contributed by atoms with Gasteiger partial charge in [-0.1, -0.05) is 127 Å². The predicted octanol–water partition coefficient (Wildman–Crippen LogP) is 10.2. The first kappa shape index (κ1) is 32.7. The van der Waals surface area contributed by atoms with E-state index in [0.29, 0.717) is 23.0 Å². The third-order valence-corrected chi connectivity index (χ3v) is 8.57. The Morgan fingerprint density at radius 1 is 0.412 bits per heavy atom. The molecule has 7 heteroatoms. The van der Waals surface area contributed by atoms with Gasteiger partial charge in [0, 0.05) is 11.1 Å². The number of ether oxygens (including phenoxy) is 2. The van der Waals surface area contributed by atoms with Gasteiger partial charge < -0.3 is 9.47 Å². The van der Waals surface area contributed by atoms with E-state index >= 15 is 0 Å². The van der Waals surface area contributed by atoms with Gasteiger partial charge >= 0.3 is 11.9 Å². The van der Waals surface area contributed by atoms with Crippen molar-refractivity contribution >= 4 is 29.3 Å². The zero-order valence-corrected chi connectivity index (χ0v) is 28.1. The lowest BCUT2D eigenvalue weighted by Crippen LogP contribution is -2.21. The minimum atomic E-state index is -0.624. The number of pyridine rings is 2. The first-order valence-electron chi connectivity index (χ1n) is 16.4. The highest BCUT2D eigenvalue weighted by Gasteiger charge is 2.29. The second-order valence-corrected chi connectivity index (χ2v) is 11.7. The zero-order chi connectivity index (χ0) is 35.2. The number of anilines is 3. The number of carbonyl (C=O) groups excluding carboxylic acids is 2. The van der Waals surface area contributed by atoms with E-state index in [2.05, 4.69) is 48.5 Å². The Morgan fingerprint density at radius 3 is 1.16 bits per heavy atom. The SMILES string of the molecule is COC(=O)c1cccc(C(=O)OC)c1N(c1cccc(-c2ccc(-c3ccccc3)cc2)n1)c1cccc(-c2ccc(-c3ccccc3)cc2)n1. The molecule has 0 saturated carbocycles. The van der Waals surface area contributed by atoms with Crippen LogP contribution in [0.1, 0.15) is 20.7 Å². The summed E-state index contributed by atoms with van der Waals surface area (Å²) in [4.78, 5) is 38.5. The summed E-state index contributed by atoms with van der Waals surface area (Å²) in [7, 11) is 2.61. The third-order valence-electron chi connectivity index (χ3n) is 8.57. The number of aromatic nitrogens is 2. The van der Waals surface area contributed by atoms with E-state index in [1.807, 2.05) is 97.1 Å². The van der Waals surface area contributed by atoms with Gasteiger partial charge in [-0.05, 0) is 58.7 Å². The van der Waals surface area contributed by atoms with Crippen molar-refractivity contribution in [3.8, 4) is 44.8 Å². The van der Waals surface area contributed by atoms with Crippen molar-refractivity contribution in [3.63, 3.8) is 0 Å². The molecule has 0 aliphatic heterocycles. The minimum absolute atomic E-state index is 0.152. The molecule has 0 aliphatic rings. The van der Waals surface area contributed by atoms with Crippen LogP contribution in [-0.2, 0) is 9.47 Å². The van der Waals surface area contributed by atoms with Gasteiger partial charge in [0.05, 0.1) is 42.4 Å². The maximum atomic E-state index is 13.3. The summed E-state index contributed by atoms with van der Waals surface area (Å²) in [6.07, 6.45) is 0. The topological polar surface area (TPSA) is 81.6 Å². The van der Waals surface area contributed by atoms with Crippen molar-refractivity contribution in [2.45, 2.75) is 0 Å². The molecular weight excluding hydrogens is 635 g/mol. The Kier molecular flexibility index (Phi) is 9.43. The van der Waals surface area contributed by atoms with E-state index in [0.717, 1.165) is 33.4 Å². The molecule has 0 saturated heterocycles. The molecule has 5 aromatic carbocycles. The molecule has 0 atom stereocenters. The summed E-state index contributed by atoms with van der Waals surface area (Å²) in [6.45, 7) is 0. The number of methoxy groups -OCH3 is 2. The van der Waals surface area contributed by atoms with Crippen LogP contribution in [0, 0.1) is 0 Å². The first-order valence-corrected chi connectivity index (χ1v) is 16.4. The van der Waals surface area contributed by atoms with Gasteiger partial charge in [0.2, 0.25) is 0 Å². The Hall–Kier alpha value is -6.86. The van der Waals surface area contributed by atoms with Gasteiger partial charge in [0.1, 0.15) is 11.6 Å². The van der Waals surface area contributed by atoms with Gasteiger partial charge in [-0.3, -0.25) is 4.90 Å². The largest absolute Gasteiger partial charge is 0.465 e. The fourth-order valence-electron chi connectivity index (χ4n) is 6.03. The van der Waals surface area contributed by atoms with Gasteiger partial charge in [0.15, 0.2) is 0 Å². The number of carbonyl (C=O) groups is 2. The van der Waals surface area contributed by atoms with E-state index in [1.165, 1.54) is 14.2 Å². The van der Waals surface area contributed by atoms with Crippen LogP contribution in [0.25, 0.3) is 44.8 Å². The minimum Gasteiger partial charge on any atom is -0.465 e. The molecule has 2 aromatic heterocycles. The average Bonchev–Trinajstić information content (AvgIpc) is 3.21. The summed E-state index contributed by atoms with van der Waals surface area (Å²) in [5.41, 5.74) is 8.13. The summed E-state index contributed by atoms with van der Waals surface area (Å²) in [6, 6.07) is 52.8. The first-order chi connectivity index (χ1) is 25.0. The van der Waals surface area contributed by atoms with Crippen molar-refractivity contribution in [3.05, 3.63) is 175 Å². The van der Waals surface area contributed by atoms with Crippen LogP contribution in [0.15, 0.2) is 164 Å². The van der Waals surface area contributed by atoms with Gasteiger partial charge in [-0.15, -0.1) is 0 Å². The molecule has 0 fully saturated rings. The lowest BCUT2D eigenvalue weighted by Gasteiger charge is -2.27. The highest BCUT2D eigenvalue weighted by atomic mass is 16.5. The lowest BCUT2D eigenvalue weighted by molar-refractivity contribution is 0.0601. The van der Waals surface area contributed by atoms with Crippen LogP contribution < -0.4 is 4.90 Å². The molecule has 7 rings (SSSR count). The maximum Gasteiger partial charge on any atom is 0.340 e. The normalized spacial score (nSPS) is 10.7. The van der Waals surface area contributed by atoms with Gasteiger partial charge in [-0.25, -0.2) is 19.6 Å². The number of rotatable bonds is 9. The second-order valence-electron chi connectivity index (χ2n) is 11.7. The molecule has 7 nitrogen and oxygen atoms in total. The van der Waals surface area contributed by atoms with Crippen LogP contribution in [0.5, 0.6) is 0 Å². The van der Waals surface area contributed by atoms with Crippen LogP contribution in [0.4, 0.5) is 17.3 Å². The smallest absolute Gasteiger partial charge is 0.340 e. The number of hydrogen-bond acceptors (Lipinski definition) is 7. The number of nitrogens with zero attached hydrogens (tertiary/aromatic N) is 3. The zero-order valence-electron chi connectivity index (χ0n) is 28.1. The van der Waals surface area contributed by atoms with Crippen molar-refractivity contribution in [2.24, 2.45) is 0 Å². The molecule has 0 amide bonds. The standard InChI is InChI=1S/C44H33N3O4/c1-50-43(48)36-16-9-17-37(44(49)51-2)42(36)47(40-20-10-18-38(45-40)34-26-22-32(23-27-34)30-12-5-3-6-13-30)41-21-11-19-39(46-41)35-28-24-33(25-29-35)31-14-7-4-8-15-31/h3-29H,1-2H3. The Bertz CT molecular complexity index is 2150. The average molecular weight is 668 g/mol. The monoisotopic (exact) mass is 667 g/mol. The fourth-order valence-corrected chi connectivity index (χ4v) is 6.03. The maximum absolute atomic E-state index is 13.3. The van der Waals surface area contributed by atoms with E-state index < -0.39 is 11.9 Å². The molecule has 0 radical (unpaired) electrons. The molecule has 0 spiro atoms. The van der Waals surface area contributed by atoms with Crippen molar-refractivity contribution < 1.29 is 19.1 Å². The summed E-state index contributed by atoms with van der Waals surface area (Å²) in [5.74, 6) is -0.377. The van der Waals surface area contributed by atoms with E-state index in [4.69, 9.17) is 19.4 Å². The Morgan fingerprint density at radius 2 is 0.765 bits per heavy atom. The van der Waals surface area contributed by atoms with E-state index in [-0.39, 0.29) is 16.8 Å². The molecule has 0 bridgehead atoms. The molecule has 0 aliphatic carbocycles. The highest BCUT2D eigenvalue weighted by Crippen LogP contribution is 2.40. The summed E-state index contributed by atoms with van der Waals surface area (Å²) < 4.78 is 10.4. The summed E-state index contributed by atoms with van der Waals surface area (Å²) in [5, 5.41) is 0. The van der Waals surface area contributed by atoms with Crippen molar-refractivity contribution in [2.75, 3.05) is 19.1 Å². The van der Waals surface area contributed by atoms with Crippen LogP contribution >= 0.6 is 0 Å². The lowest BCUT2D eigenvalue weighted by atomic mass is 10.0. The van der Waals surface area contributed by atoms with E-state index in [9.17, 15) is 9.59 Å². The second kappa shape index (κ2) is 14.7. The molecule has 2 heterocycles. The number of benzene rings is 5. The highest BCUT2D eigenvalue weighted by molar-refractivity contribution is 6.07. The fraction of sp³-hybridized carbons (Fsp3) is 0.0455. The van der Waals surface area contributed by atoms with Crippen molar-refractivity contribution in [1.82, 2.24) is 9.97 Å². The predicted molar refractivity (Wildman–Crippen MR) is 201 cm³/mol. The quantitative estimate of drug-likeness (QED) is 0.142. The molecule has 0 N–H and O–H groups in total.